The summed E-state index contributed by atoms with van der Waals surface area (Å²) in [6, 6.07) is 4.27. The van der Waals surface area contributed by atoms with Crippen LogP contribution in [0.3, 0.4) is 0 Å². The average Bonchev–Trinajstić information content (AvgIpc) is 2.77. The molecule has 4 nitrogen and oxygen atoms in total. The fourth-order valence-corrected chi connectivity index (χ4v) is 1.62. The first-order chi connectivity index (χ1) is 7.66. The van der Waals surface area contributed by atoms with Crippen LogP contribution in [0.1, 0.15) is 17.3 Å². The predicted octanol–water partition coefficient (Wildman–Crippen LogP) is 1.84. The van der Waals surface area contributed by atoms with Gasteiger partial charge in [-0.1, -0.05) is 17.7 Å². The molecule has 1 atom stereocenters. The minimum Gasteiger partial charge on any atom is -0.322 e. The Bertz CT molecular complexity index is 472. The summed E-state index contributed by atoms with van der Waals surface area (Å²) in [5.74, 6) is -0.430. The minimum atomic E-state index is -0.430. The van der Waals surface area contributed by atoms with E-state index < -0.39 is 5.82 Å². The Hall–Kier alpha value is -1.46. The zero-order valence-electron chi connectivity index (χ0n) is 8.32. The van der Waals surface area contributed by atoms with E-state index in [1.54, 1.807) is 18.3 Å². The Balaban J connectivity index is 2.12. The van der Waals surface area contributed by atoms with Gasteiger partial charge in [0.1, 0.15) is 5.82 Å². The zero-order valence-corrected chi connectivity index (χ0v) is 9.08. The van der Waals surface area contributed by atoms with Gasteiger partial charge in [-0.3, -0.25) is 0 Å². The van der Waals surface area contributed by atoms with E-state index in [0.29, 0.717) is 12.1 Å². The van der Waals surface area contributed by atoms with Crippen molar-refractivity contribution in [3.8, 4) is 0 Å². The van der Waals surface area contributed by atoms with Gasteiger partial charge in [0, 0.05) is 0 Å². The van der Waals surface area contributed by atoms with Crippen LogP contribution in [0.4, 0.5) is 4.39 Å². The summed E-state index contributed by atoms with van der Waals surface area (Å²) in [7, 11) is 0. The number of nitrogens with zero attached hydrogens (tertiary/aromatic N) is 2. The molecule has 1 heterocycles. The lowest BCUT2D eigenvalue weighted by Crippen LogP contribution is -2.13. The van der Waals surface area contributed by atoms with E-state index in [9.17, 15) is 4.39 Å². The van der Waals surface area contributed by atoms with Crippen LogP contribution in [0.15, 0.2) is 24.4 Å². The molecule has 0 aliphatic rings. The largest absolute Gasteiger partial charge is 0.322 e. The molecule has 84 valence electrons. The molecule has 0 bridgehead atoms. The van der Waals surface area contributed by atoms with E-state index in [2.05, 4.69) is 15.4 Å². The normalized spacial score (nSPS) is 12.7. The second-order valence-electron chi connectivity index (χ2n) is 3.45. The van der Waals surface area contributed by atoms with Crippen molar-refractivity contribution in [2.75, 3.05) is 0 Å². The van der Waals surface area contributed by atoms with Gasteiger partial charge in [0.25, 0.3) is 0 Å². The molecule has 0 aliphatic heterocycles. The summed E-state index contributed by atoms with van der Waals surface area (Å²) >= 11 is 5.67. The molecule has 2 rings (SSSR count). The topological polar surface area (TPSA) is 67.6 Å². The van der Waals surface area contributed by atoms with Crippen molar-refractivity contribution >= 4 is 11.6 Å². The summed E-state index contributed by atoms with van der Waals surface area (Å²) in [5.41, 5.74) is 7.43. The number of benzene rings is 1. The van der Waals surface area contributed by atoms with Crippen molar-refractivity contribution in [1.82, 2.24) is 15.4 Å². The highest BCUT2D eigenvalue weighted by atomic mass is 35.5. The van der Waals surface area contributed by atoms with Crippen LogP contribution in [0.5, 0.6) is 0 Å². The van der Waals surface area contributed by atoms with Crippen molar-refractivity contribution < 1.29 is 4.39 Å². The maximum atomic E-state index is 12.9. The Morgan fingerprint density at radius 1 is 1.50 bits per heavy atom. The van der Waals surface area contributed by atoms with E-state index in [4.69, 9.17) is 17.3 Å². The third-order valence-electron chi connectivity index (χ3n) is 2.25. The highest BCUT2D eigenvalue weighted by Crippen LogP contribution is 2.19. The number of nitrogens with one attached hydrogen (secondary N) is 1. The number of halogens is 2. The second-order valence-corrected chi connectivity index (χ2v) is 3.86. The summed E-state index contributed by atoms with van der Waals surface area (Å²) in [6.45, 7) is 0. The van der Waals surface area contributed by atoms with Gasteiger partial charge in [-0.25, -0.2) is 4.39 Å². The molecule has 6 heteroatoms. The fourth-order valence-electron chi connectivity index (χ4n) is 1.41. The summed E-state index contributed by atoms with van der Waals surface area (Å²) in [5, 5.41) is 10.2. The van der Waals surface area contributed by atoms with Crippen molar-refractivity contribution in [2.24, 2.45) is 5.73 Å². The molecule has 0 aliphatic carbocycles. The highest BCUT2D eigenvalue weighted by Gasteiger charge is 2.10. The van der Waals surface area contributed by atoms with Crippen LogP contribution in [0, 0.1) is 5.82 Å². The third kappa shape index (κ3) is 2.37. The average molecular weight is 241 g/mol. The molecule has 0 saturated heterocycles. The van der Waals surface area contributed by atoms with Gasteiger partial charge >= 0.3 is 0 Å². The molecule has 0 spiro atoms. The molecule has 1 unspecified atom stereocenters. The molecule has 0 radical (unpaired) electrons. The predicted molar refractivity (Wildman–Crippen MR) is 58.4 cm³/mol. The van der Waals surface area contributed by atoms with Gasteiger partial charge in [-0.2, -0.15) is 15.4 Å². The van der Waals surface area contributed by atoms with E-state index in [1.165, 1.54) is 6.07 Å². The highest BCUT2D eigenvalue weighted by molar-refractivity contribution is 6.30. The number of aromatic nitrogens is 3. The zero-order chi connectivity index (χ0) is 11.5. The van der Waals surface area contributed by atoms with Crippen molar-refractivity contribution in [3.05, 3.63) is 46.5 Å². The lowest BCUT2D eigenvalue weighted by Gasteiger charge is -2.08. The minimum absolute atomic E-state index is 0.102. The molecule has 0 saturated carbocycles. The monoisotopic (exact) mass is 240 g/mol. The Morgan fingerprint density at radius 3 is 2.94 bits per heavy atom. The Morgan fingerprint density at radius 2 is 2.31 bits per heavy atom. The first kappa shape index (κ1) is 11.0. The maximum absolute atomic E-state index is 12.9. The summed E-state index contributed by atoms with van der Waals surface area (Å²) < 4.78 is 12.9. The smallest absolute Gasteiger partial charge is 0.141 e. The van der Waals surface area contributed by atoms with Crippen molar-refractivity contribution in [2.45, 2.75) is 12.5 Å². The molecule has 0 fully saturated rings. The number of H-pyrrole nitrogens is 1. The van der Waals surface area contributed by atoms with E-state index in [0.717, 1.165) is 5.56 Å². The number of hydrogen-bond acceptors (Lipinski definition) is 3. The van der Waals surface area contributed by atoms with Crippen LogP contribution in [0.25, 0.3) is 0 Å². The summed E-state index contributed by atoms with van der Waals surface area (Å²) in [4.78, 5) is 0. The lowest BCUT2D eigenvalue weighted by molar-refractivity contribution is 0.625. The van der Waals surface area contributed by atoms with E-state index in [-0.39, 0.29) is 11.1 Å². The quantitative estimate of drug-likeness (QED) is 0.860. The number of hydrogen-bond donors (Lipinski definition) is 2. The first-order valence-electron chi connectivity index (χ1n) is 4.72. The second kappa shape index (κ2) is 4.59. The maximum Gasteiger partial charge on any atom is 0.141 e. The van der Waals surface area contributed by atoms with Gasteiger partial charge in [0.15, 0.2) is 0 Å². The van der Waals surface area contributed by atoms with E-state index in [1.807, 2.05) is 0 Å². The van der Waals surface area contributed by atoms with Gasteiger partial charge in [0.2, 0.25) is 0 Å². The molecule has 1 aromatic carbocycles. The Kier molecular flexibility index (Phi) is 3.17. The van der Waals surface area contributed by atoms with Crippen molar-refractivity contribution in [1.29, 1.82) is 0 Å². The third-order valence-corrected chi connectivity index (χ3v) is 2.54. The van der Waals surface area contributed by atoms with Crippen LogP contribution < -0.4 is 5.73 Å². The molecule has 3 N–H and O–H groups in total. The number of aromatic amines is 1. The molecular formula is C10H10ClFN4. The van der Waals surface area contributed by atoms with Crippen LogP contribution in [-0.2, 0) is 6.42 Å². The van der Waals surface area contributed by atoms with Crippen LogP contribution in [0.2, 0.25) is 5.02 Å². The molecular weight excluding hydrogens is 231 g/mol. The van der Waals surface area contributed by atoms with Crippen LogP contribution >= 0.6 is 11.6 Å². The number of nitrogens with two attached hydrogens (primary N) is 1. The molecule has 2 aromatic rings. The van der Waals surface area contributed by atoms with Gasteiger partial charge in [0.05, 0.1) is 23.0 Å². The molecule has 16 heavy (non-hydrogen) atoms. The lowest BCUT2D eigenvalue weighted by atomic mass is 10.0. The van der Waals surface area contributed by atoms with Gasteiger partial charge in [-0.05, 0) is 24.1 Å². The first-order valence-corrected chi connectivity index (χ1v) is 5.10. The van der Waals surface area contributed by atoms with Gasteiger partial charge in [-0.15, -0.1) is 0 Å². The van der Waals surface area contributed by atoms with E-state index >= 15 is 0 Å². The molecule has 1 aromatic heterocycles. The standard InChI is InChI=1S/C10H10ClFN4/c11-7-3-6(1-2-8(7)12)4-9(13)10-5-14-16-15-10/h1-3,5,9H,4,13H2,(H,14,15,16). The fraction of sp³-hybridized carbons (Fsp3) is 0.200. The SMILES string of the molecule is NC(Cc1ccc(F)c(Cl)c1)c1cn[nH]n1. The van der Waals surface area contributed by atoms with Crippen LogP contribution in [-0.4, -0.2) is 15.4 Å². The van der Waals surface area contributed by atoms with Gasteiger partial charge < -0.3 is 5.73 Å². The number of rotatable bonds is 3. The Labute approximate surface area is 96.6 Å². The van der Waals surface area contributed by atoms with Crippen molar-refractivity contribution in [3.63, 3.8) is 0 Å². The molecule has 0 amide bonds. The summed E-state index contributed by atoms with van der Waals surface area (Å²) in [6.07, 6.45) is 2.10.